The van der Waals surface area contributed by atoms with E-state index < -0.39 is 0 Å². The maximum absolute atomic E-state index is 5.96. The fourth-order valence-corrected chi connectivity index (χ4v) is 3.15. The smallest absolute Gasteiger partial charge is 0.223 e. The fourth-order valence-electron chi connectivity index (χ4n) is 3.15. The van der Waals surface area contributed by atoms with E-state index >= 15 is 0 Å². The van der Waals surface area contributed by atoms with Crippen molar-refractivity contribution in [3.8, 4) is 0 Å². The van der Waals surface area contributed by atoms with Gasteiger partial charge in [0.2, 0.25) is 5.95 Å². The second kappa shape index (κ2) is 9.13. The summed E-state index contributed by atoms with van der Waals surface area (Å²) in [5, 5.41) is 3.17. The molecule has 0 bridgehead atoms. The quantitative estimate of drug-likeness (QED) is 0.656. The number of aromatic nitrogens is 2. The van der Waals surface area contributed by atoms with Crippen molar-refractivity contribution in [2.45, 2.75) is 25.9 Å². The Labute approximate surface area is 172 Å². The molecule has 0 amide bonds. The third kappa shape index (κ3) is 5.60. The van der Waals surface area contributed by atoms with Gasteiger partial charge in [0.25, 0.3) is 0 Å². The maximum atomic E-state index is 5.96. The highest BCUT2D eigenvalue weighted by Crippen LogP contribution is 2.23. The van der Waals surface area contributed by atoms with Crippen LogP contribution in [0.1, 0.15) is 26.0 Å². The molecule has 3 heterocycles. The number of methoxy groups -OCH3 is 1. The summed E-state index contributed by atoms with van der Waals surface area (Å²) in [5.41, 5.74) is 9.30. The Morgan fingerprint density at radius 2 is 2.10 bits per heavy atom. The molecule has 3 rings (SSSR count). The maximum Gasteiger partial charge on any atom is 0.223 e. The van der Waals surface area contributed by atoms with Crippen LogP contribution in [0.2, 0.25) is 0 Å². The molecule has 3 N–H and O–H groups in total. The Kier molecular flexibility index (Phi) is 6.59. The molecule has 0 atom stereocenters. The molecule has 0 spiro atoms. The summed E-state index contributed by atoms with van der Waals surface area (Å²) >= 11 is 0. The number of hydrogen-bond acceptors (Lipinski definition) is 8. The van der Waals surface area contributed by atoms with Gasteiger partial charge in [-0.1, -0.05) is 12.3 Å². The summed E-state index contributed by atoms with van der Waals surface area (Å²) in [6.45, 7) is 12.7. The van der Waals surface area contributed by atoms with Crippen molar-refractivity contribution in [1.29, 1.82) is 0 Å². The van der Waals surface area contributed by atoms with E-state index in [2.05, 4.69) is 51.2 Å². The average Bonchev–Trinajstić information content (AvgIpc) is 3.25. The van der Waals surface area contributed by atoms with Crippen LogP contribution in [0.15, 0.2) is 41.2 Å². The van der Waals surface area contributed by atoms with Crippen molar-refractivity contribution in [1.82, 2.24) is 14.9 Å². The van der Waals surface area contributed by atoms with E-state index in [-0.39, 0.29) is 11.5 Å². The summed E-state index contributed by atoms with van der Waals surface area (Å²) < 4.78 is 10.9. The minimum atomic E-state index is -0.0941. The molecule has 8 nitrogen and oxygen atoms in total. The zero-order chi connectivity index (χ0) is 20.9. The van der Waals surface area contributed by atoms with Crippen LogP contribution in [0, 0.1) is 0 Å². The molecule has 0 radical (unpaired) electrons. The van der Waals surface area contributed by atoms with Gasteiger partial charge in [-0.05, 0) is 32.4 Å². The van der Waals surface area contributed by atoms with Crippen molar-refractivity contribution in [3.05, 3.63) is 42.5 Å². The summed E-state index contributed by atoms with van der Waals surface area (Å²) in [7, 11) is 1.77. The van der Waals surface area contributed by atoms with Crippen LogP contribution in [-0.2, 0) is 4.74 Å². The van der Waals surface area contributed by atoms with Gasteiger partial charge in [-0.3, -0.25) is 4.90 Å². The Bertz CT molecular complexity index is 850. The first-order chi connectivity index (χ1) is 13.9. The molecule has 2 aromatic rings. The van der Waals surface area contributed by atoms with Crippen LogP contribution >= 0.6 is 0 Å². The zero-order valence-corrected chi connectivity index (χ0v) is 17.4. The molecule has 0 aromatic carbocycles. The number of hydrogen-bond donors (Lipinski definition) is 2. The lowest BCUT2D eigenvalue weighted by molar-refractivity contribution is 0.00706. The van der Waals surface area contributed by atoms with E-state index in [1.807, 2.05) is 12.1 Å². The molecule has 0 saturated carbocycles. The van der Waals surface area contributed by atoms with Crippen LogP contribution in [-0.4, -0.2) is 60.3 Å². The molecule has 1 saturated heterocycles. The molecule has 156 valence electrons. The number of rotatable bonds is 8. The van der Waals surface area contributed by atoms with Gasteiger partial charge >= 0.3 is 0 Å². The lowest BCUT2D eigenvalue weighted by atomic mass is 10.0. The first-order valence-corrected chi connectivity index (χ1v) is 9.78. The molecule has 1 aliphatic rings. The number of nitrogens with zero attached hydrogens (tertiary/aromatic N) is 4. The second-order valence-corrected chi connectivity index (χ2v) is 7.67. The highest BCUT2D eigenvalue weighted by atomic mass is 16.5. The summed E-state index contributed by atoms with van der Waals surface area (Å²) in [6.07, 6.45) is 2.60. The summed E-state index contributed by atoms with van der Waals surface area (Å²) in [6, 6.07) is 5.53. The van der Waals surface area contributed by atoms with Gasteiger partial charge in [0.05, 0.1) is 11.9 Å². The first kappa shape index (κ1) is 20.9. The van der Waals surface area contributed by atoms with Crippen LogP contribution in [0.3, 0.4) is 0 Å². The Morgan fingerprint density at radius 1 is 1.34 bits per heavy atom. The molecule has 1 fully saturated rings. The average molecular weight is 399 g/mol. The third-order valence-electron chi connectivity index (χ3n) is 5.21. The zero-order valence-electron chi connectivity index (χ0n) is 17.4. The lowest BCUT2D eigenvalue weighted by Crippen LogP contribution is -2.48. The fraction of sp³-hybridized carbons (Fsp3) is 0.476. The van der Waals surface area contributed by atoms with Gasteiger partial charge in [-0.15, -0.1) is 0 Å². The Morgan fingerprint density at radius 3 is 2.72 bits per heavy atom. The number of nitrogens with two attached hydrogens (primary N) is 1. The van der Waals surface area contributed by atoms with Gasteiger partial charge in [-0.25, -0.2) is 0 Å². The van der Waals surface area contributed by atoms with Gasteiger partial charge in [0, 0.05) is 45.9 Å². The number of nitrogen functional groups attached to an aromatic ring is 1. The topological polar surface area (TPSA) is 92.7 Å². The molecule has 2 aromatic heterocycles. The monoisotopic (exact) mass is 398 g/mol. The molecule has 8 heteroatoms. The van der Waals surface area contributed by atoms with Gasteiger partial charge in [0.15, 0.2) is 5.76 Å². The third-order valence-corrected chi connectivity index (χ3v) is 5.21. The first-order valence-electron chi connectivity index (χ1n) is 9.78. The van der Waals surface area contributed by atoms with Crippen LogP contribution in [0.4, 0.5) is 17.6 Å². The molecule has 0 unspecified atom stereocenters. The standard InChI is InChI=1S/C21H30N6O2/c1-5-16(17-7-6-14-29-17)23-18-15-19(25-20(22)24-18)27-12-10-26(11-13-27)9-8-21(2,3)28-4/h6-7,14-15H,1,8-13H2,2-4H3,(H3,22,23,24,25). The molecule has 0 aliphatic carbocycles. The number of ether oxygens (including phenoxy) is 1. The molecular formula is C21H30N6O2. The van der Waals surface area contributed by atoms with Gasteiger partial charge in [-0.2, -0.15) is 9.97 Å². The van der Waals surface area contributed by atoms with Crippen LogP contribution in [0.25, 0.3) is 5.70 Å². The number of piperazine rings is 1. The van der Waals surface area contributed by atoms with E-state index in [4.69, 9.17) is 14.9 Å². The summed E-state index contributed by atoms with van der Waals surface area (Å²) in [4.78, 5) is 13.4. The van der Waals surface area contributed by atoms with Crippen molar-refractivity contribution in [3.63, 3.8) is 0 Å². The number of nitrogens with one attached hydrogen (secondary N) is 1. The van der Waals surface area contributed by atoms with E-state index in [0.29, 0.717) is 17.3 Å². The predicted octanol–water partition coefficient (Wildman–Crippen LogP) is 2.83. The highest BCUT2D eigenvalue weighted by molar-refractivity contribution is 5.73. The second-order valence-electron chi connectivity index (χ2n) is 7.67. The van der Waals surface area contributed by atoms with Gasteiger partial charge in [0.1, 0.15) is 17.3 Å². The van der Waals surface area contributed by atoms with Crippen LogP contribution < -0.4 is 16.0 Å². The SMILES string of the molecule is C=C=C(Nc1cc(N2CCN(CCC(C)(C)OC)CC2)nc(N)n1)c1ccco1. The number of anilines is 3. The lowest BCUT2D eigenvalue weighted by Gasteiger charge is -2.36. The van der Waals surface area contributed by atoms with E-state index in [1.54, 1.807) is 19.4 Å². The van der Waals surface area contributed by atoms with Gasteiger partial charge < -0.3 is 25.1 Å². The Balaban J connectivity index is 1.63. The molecule has 1 aliphatic heterocycles. The normalized spacial score (nSPS) is 15.2. The van der Waals surface area contributed by atoms with Crippen LogP contribution in [0.5, 0.6) is 0 Å². The Hall–Kier alpha value is -2.80. The van der Waals surface area contributed by atoms with Crippen molar-refractivity contribution in [2.24, 2.45) is 0 Å². The number of furan rings is 1. The minimum absolute atomic E-state index is 0.0941. The molecule has 29 heavy (non-hydrogen) atoms. The minimum Gasteiger partial charge on any atom is -0.462 e. The summed E-state index contributed by atoms with van der Waals surface area (Å²) in [5.74, 6) is 2.24. The van der Waals surface area contributed by atoms with Crippen molar-refractivity contribution >= 4 is 23.3 Å². The van der Waals surface area contributed by atoms with Crippen molar-refractivity contribution < 1.29 is 9.15 Å². The van der Waals surface area contributed by atoms with E-state index in [0.717, 1.165) is 45.0 Å². The predicted molar refractivity (Wildman–Crippen MR) is 116 cm³/mol. The highest BCUT2D eigenvalue weighted by Gasteiger charge is 2.22. The van der Waals surface area contributed by atoms with E-state index in [9.17, 15) is 0 Å². The van der Waals surface area contributed by atoms with E-state index in [1.165, 1.54) is 0 Å². The van der Waals surface area contributed by atoms with Crippen molar-refractivity contribution in [2.75, 3.05) is 55.8 Å². The molecular weight excluding hydrogens is 368 g/mol. The largest absolute Gasteiger partial charge is 0.462 e.